The number of carbonyl (C=O) groups is 2. The Morgan fingerprint density at radius 2 is 2.00 bits per heavy atom. The molecule has 3 aliphatic rings. The number of piperazine rings is 1. The normalized spacial score (nSPS) is 26.0. The van der Waals surface area contributed by atoms with Crippen LogP contribution in [0.2, 0.25) is 0 Å². The van der Waals surface area contributed by atoms with E-state index in [2.05, 4.69) is 22.5 Å². The Balaban J connectivity index is 1.62. The van der Waals surface area contributed by atoms with Crippen LogP contribution in [0.25, 0.3) is 0 Å². The quantitative estimate of drug-likeness (QED) is 0.596. The average Bonchev–Trinajstić information content (AvgIpc) is 3.21. The van der Waals surface area contributed by atoms with Crippen LogP contribution in [0.5, 0.6) is 0 Å². The van der Waals surface area contributed by atoms with E-state index in [-0.39, 0.29) is 30.6 Å². The van der Waals surface area contributed by atoms with Crippen LogP contribution in [0.4, 0.5) is 0 Å². The largest absolute Gasteiger partial charge is 0.395 e. The number of ketones is 1. The summed E-state index contributed by atoms with van der Waals surface area (Å²) in [7, 11) is 0. The Labute approximate surface area is 178 Å². The second-order valence-corrected chi connectivity index (χ2v) is 8.11. The second-order valence-electron chi connectivity index (χ2n) is 8.11. The third-order valence-electron chi connectivity index (χ3n) is 6.17. The zero-order chi connectivity index (χ0) is 21.7. The molecule has 2 heterocycles. The highest BCUT2D eigenvalue weighted by Crippen LogP contribution is 2.26. The second kappa shape index (κ2) is 10.2. The maximum atomic E-state index is 13.0. The van der Waals surface area contributed by atoms with Crippen LogP contribution >= 0.6 is 0 Å². The van der Waals surface area contributed by atoms with E-state index < -0.39 is 6.10 Å². The highest BCUT2D eigenvalue weighted by Gasteiger charge is 2.33. The molecule has 0 saturated carbocycles. The highest BCUT2D eigenvalue weighted by atomic mass is 16.3. The van der Waals surface area contributed by atoms with E-state index in [9.17, 15) is 14.7 Å². The van der Waals surface area contributed by atoms with Gasteiger partial charge in [0, 0.05) is 69.4 Å². The van der Waals surface area contributed by atoms with Crippen molar-refractivity contribution in [2.75, 3.05) is 52.4 Å². The number of hydrogen-bond acceptors (Lipinski definition) is 6. The molecule has 2 atom stereocenters. The minimum Gasteiger partial charge on any atom is -0.395 e. The van der Waals surface area contributed by atoms with Gasteiger partial charge in [-0.15, -0.1) is 0 Å². The molecule has 7 heteroatoms. The Bertz CT molecular complexity index is 762. The fourth-order valence-corrected chi connectivity index (χ4v) is 4.29. The van der Waals surface area contributed by atoms with Gasteiger partial charge in [0.2, 0.25) is 0 Å². The first kappa shape index (κ1) is 22.5. The fourth-order valence-electron chi connectivity index (χ4n) is 4.29. The number of amides is 1. The van der Waals surface area contributed by atoms with Gasteiger partial charge in [-0.05, 0) is 24.1 Å². The molecule has 3 rings (SSSR count). The monoisotopic (exact) mass is 415 g/mol. The van der Waals surface area contributed by atoms with E-state index in [0.717, 1.165) is 37.4 Å². The SMILES string of the molecule is C=CC(=CC1=CCN(C(=O)C2=CC(CC)C(=O)CC2O)C1)N1CCN(CCO)CC1. The van der Waals surface area contributed by atoms with Gasteiger partial charge in [-0.25, -0.2) is 0 Å². The van der Waals surface area contributed by atoms with Gasteiger partial charge < -0.3 is 20.0 Å². The molecule has 0 aromatic rings. The Kier molecular flexibility index (Phi) is 7.64. The van der Waals surface area contributed by atoms with Crippen molar-refractivity contribution in [2.45, 2.75) is 25.9 Å². The lowest BCUT2D eigenvalue weighted by Crippen LogP contribution is -2.46. The van der Waals surface area contributed by atoms with Crippen molar-refractivity contribution < 1.29 is 19.8 Å². The van der Waals surface area contributed by atoms with Crippen molar-refractivity contribution in [3.8, 4) is 0 Å². The maximum Gasteiger partial charge on any atom is 0.252 e. The highest BCUT2D eigenvalue weighted by molar-refractivity contribution is 5.99. The van der Waals surface area contributed by atoms with Crippen LogP contribution in [0.3, 0.4) is 0 Å². The predicted molar refractivity (Wildman–Crippen MR) is 116 cm³/mol. The zero-order valence-corrected chi connectivity index (χ0v) is 17.8. The molecular weight excluding hydrogens is 382 g/mol. The summed E-state index contributed by atoms with van der Waals surface area (Å²) in [6.45, 7) is 11.3. The molecule has 2 aliphatic heterocycles. The fraction of sp³-hybridized carbons (Fsp3) is 0.565. The molecule has 1 saturated heterocycles. The van der Waals surface area contributed by atoms with Gasteiger partial charge in [-0.1, -0.05) is 25.7 Å². The zero-order valence-electron chi connectivity index (χ0n) is 17.8. The summed E-state index contributed by atoms with van der Waals surface area (Å²) < 4.78 is 0. The summed E-state index contributed by atoms with van der Waals surface area (Å²) in [5, 5.41) is 19.3. The first-order chi connectivity index (χ1) is 14.5. The molecule has 0 aromatic carbocycles. The Morgan fingerprint density at radius 1 is 1.27 bits per heavy atom. The predicted octanol–water partition coefficient (Wildman–Crippen LogP) is 0.721. The standard InChI is InChI=1S/C23H33N3O4/c1-3-18-14-20(22(29)15-21(18)28)23(30)26-6-5-17(16-26)13-19(4-2)25-9-7-24(8-10-25)11-12-27/h4-5,13-14,18,22,27,29H,2-3,6-12,15-16H2,1H3. The van der Waals surface area contributed by atoms with Crippen LogP contribution < -0.4 is 0 Å². The number of aliphatic hydroxyl groups is 2. The van der Waals surface area contributed by atoms with E-state index in [4.69, 9.17) is 5.11 Å². The van der Waals surface area contributed by atoms with E-state index >= 15 is 0 Å². The minimum atomic E-state index is -1.01. The topological polar surface area (TPSA) is 84.3 Å². The lowest BCUT2D eigenvalue weighted by Gasteiger charge is -2.36. The number of rotatable bonds is 7. The minimum absolute atomic E-state index is 0.000528. The summed E-state index contributed by atoms with van der Waals surface area (Å²) in [6.07, 6.45) is 7.26. The molecule has 0 radical (unpaired) electrons. The van der Waals surface area contributed by atoms with Crippen LogP contribution in [-0.4, -0.2) is 95.1 Å². The smallest absolute Gasteiger partial charge is 0.252 e. The van der Waals surface area contributed by atoms with Gasteiger partial charge >= 0.3 is 0 Å². The molecule has 30 heavy (non-hydrogen) atoms. The third kappa shape index (κ3) is 5.09. The van der Waals surface area contributed by atoms with E-state index in [1.54, 1.807) is 11.0 Å². The lowest BCUT2D eigenvalue weighted by atomic mass is 9.85. The molecule has 7 nitrogen and oxygen atoms in total. The van der Waals surface area contributed by atoms with Gasteiger partial charge in [0.15, 0.2) is 0 Å². The number of carbonyl (C=O) groups excluding carboxylic acids is 2. The molecule has 0 aromatic heterocycles. The molecule has 0 bridgehead atoms. The summed E-state index contributed by atoms with van der Waals surface area (Å²) in [5.41, 5.74) is 2.43. The summed E-state index contributed by atoms with van der Waals surface area (Å²) in [5.74, 6) is -0.468. The first-order valence-electron chi connectivity index (χ1n) is 10.8. The van der Waals surface area contributed by atoms with Gasteiger partial charge in [-0.2, -0.15) is 0 Å². The van der Waals surface area contributed by atoms with Gasteiger partial charge in [-0.3, -0.25) is 14.5 Å². The molecule has 1 amide bonds. The number of hydrogen-bond donors (Lipinski definition) is 2. The van der Waals surface area contributed by atoms with Crippen molar-refractivity contribution in [2.24, 2.45) is 5.92 Å². The number of β-amino-alcohol motifs (C(OH)–C–C–N with tert-alkyl or cyclic N) is 1. The molecule has 0 spiro atoms. The summed E-state index contributed by atoms with van der Waals surface area (Å²) in [6, 6.07) is 0. The number of allylic oxidation sites excluding steroid dienone is 2. The molecule has 2 N–H and O–H groups in total. The van der Waals surface area contributed by atoms with Gasteiger partial charge in [0.1, 0.15) is 5.78 Å². The van der Waals surface area contributed by atoms with Gasteiger partial charge in [0.05, 0.1) is 12.7 Å². The Morgan fingerprint density at radius 3 is 2.63 bits per heavy atom. The van der Waals surface area contributed by atoms with Crippen molar-refractivity contribution in [1.29, 1.82) is 0 Å². The average molecular weight is 416 g/mol. The molecular formula is C23H33N3O4. The molecule has 164 valence electrons. The first-order valence-corrected chi connectivity index (χ1v) is 10.8. The third-order valence-corrected chi connectivity index (χ3v) is 6.17. The molecule has 1 aliphatic carbocycles. The lowest BCUT2D eigenvalue weighted by molar-refractivity contribution is -0.128. The van der Waals surface area contributed by atoms with Crippen LogP contribution in [0.15, 0.2) is 47.7 Å². The van der Waals surface area contributed by atoms with Crippen molar-refractivity contribution in [3.05, 3.63) is 47.7 Å². The molecule has 1 fully saturated rings. The van der Waals surface area contributed by atoms with E-state index in [1.807, 2.05) is 19.1 Å². The number of Topliss-reactive ketones (excluding diaryl/α,β-unsaturated/α-hetero) is 1. The number of aliphatic hydroxyl groups excluding tert-OH is 2. The van der Waals surface area contributed by atoms with E-state index in [1.165, 1.54) is 0 Å². The van der Waals surface area contributed by atoms with Crippen molar-refractivity contribution in [1.82, 2.24) is 14.7 Å². The summed E-state index contributed by atoms with van der Waals surface area (Å²) >= 11 is 0. The van der Waals surface area contributed by atoms with Crippen molar-refractivity contribution >= 4 is 11.7 Å². The number of nitrogens with zero attached hydrogens (tertiary/aromatic N) is 3. The van der Waals surface area contributed by atoms with Crippen LogP contribution in [-0.2, 0) is 9.59 Å². The van der Waals surface area contributed by atoms with Crippen molar-refractivity contribution in [3.63, 3.8) is 0 Å². The van der Waals surface area contributed by atoms with Crippen LogP contribution in [0, 0.1) is 5.92 Å². The maximum absolute atomic E-state index is 13.0. The van der Waals surface area contributed by atoms with Crippen LogP contribution in [0.1, 0.15) is 19.8 Å². The molecule has 2 unspecified atom stereocenters. The van der Waals surface area contributed by atoms with Gasteiger partial charge in [0.25, 0.3) is 5.91 Å². The Hall–Kier alpha value is -2.22. The van der Waals surface area contributed by atoms with E-state index in [0.29, 0.717) is 31.6 Å². The summed E-state index contributed by atoms with van der Waals surface area (Å²) in [4.78, 5) is 31.1.